The summed E-state index contributed by atoms with van der Waals surface area (Å²) in [5.74, 6) is 0.671. The Morgan fingerprint density at radius 3 is 2.43 bits per heavy atom. The lowest BCUT2D eigenvalue weighted by atomic mass is 10.1. The van der Waals surface area contributed by atoms with Gasteiger partial charge in [0, 0.05) is 37.4 Å². The van der Waals surface area contributed by atoms with Crippen LogP contribution in [-0.4, -0.2) is 52.7 Å². The molecule has 0 bridgehead atoms. The molecule has 7 nitrogen and oxygen atoms in total. The molecule has 1 saturated heterocycles. The molecule has 1 aromatic carbocycles. The summed E-state index contributed by atoms with van der Waals surface area (Å²) >= 11 is 0. The molecule has 2 amide bonds. The van der Waals surface area contributed by atoms with Gasteiger partial charge < -0.3 is 14.5 Å². The largest absolute Gasteiger partial charge is 0.497 e. The predicted molar refractivity (Wildman–Crippen MR) is 108 cm³/mol. The molecule has 28 heavy (non-hydrogen) atoms. The van der Waals surface area contributed by atoms with Gasteiger partial charge in [-0.2, -0.15) is 5.10 Å². The van der Waals surface area contributed by atoms with E-state index in [2.05, 4.69) is 5.10 Å². The highest BCUT2D eigenvalue weighted by Gasteiger charge is 2.34. The lowest BCUT2D eigenvalue weighted by molar-refractivity contribution is -0.141. The van der Waals surface area contributed by atoms with Crippen LogP contribution in [0.15, 0.2) is 24.3 Å². The van der Waals surface area contributed by atoms with Crippen molar-refractivity contribution in [2.45, 2.75) is 46.7 Å². The van der Waals surface area contributed by atoms with E-state index in [0.29, 0.717) is 26.1 Å². The van der Waals surface area contributed by atoms with Crippen LogP contribution in [0.5, 0.6) is 5.75 Å². The summed E-state index contributed by atoms with van der Waals surface area (Å²) in [5.41, 5.74) is 4.05. The Balaban J connectivity index is 1.63. The summed E-state index contributed by atoms with van der Waals surface area (Å²) in [4.78, 5) is 29.0. The maximum atomic E-state index is 12.9. The molecule has 1 aliphatic heterocycles. The van der Waals surface area contributed by atoms with Crippen molar-refractivity contribution in [1.29, 1.82) is 0 Å². The number of methoxy groups -OCH3 is 1. The predicted octanol–water partition coefficient (Wildman–Crippen LogP) is 2.47. The number of nitrogens with zero attached hydrogens (tertiary/aromatic N) is 4. The molecule has 0 spiro atoms. The Kier molecular flexibility index (Phi) is 5.72. The molecular weight excluding hydrogens is 356 g/mol. The molecule has 2 aromatic rings. The Bertz CT molecular complexity index is 873. The molecule has 7 heteroatoms. The van der Waals surface area contributed by atoms with E-state index in [1.807, 2.05) is 49.7 Å². The number of ether oxygens (including phenoxy) is 1. The van der Waals surface area contributed by atoms with Gasteiger partial charge >= 0.3 is 0 Å². The molecule has 1 aliphatic rings. The lowest BCUT2D eigenvalue weighted by Crippen LogP contribution is -2.57. The number of hydrogen-bond donors (Lipinski definition) is 0. The normalized spacial score (nSPS) is 17.2. The van der Waals surface area contributed by atoms with Crippen molar-refractivity contribution in [2.75, 3.05) is 25.1 Å². The summed E-state index contributed by atoms with van der Waals surface area (Å²) in [5, 5.41) is 4.49. The molecule has 1 fully saturated rings. The van der Waals surface area contributed by atoms with Crippen LogP contribution < -0.4 is 9.64 Å². The summed E-state index contributed by atoms with van der Waals surface area (Å²) < 4.78 is 7.05. The van der Waals surface area contributed by atoms with Crippen molar-refractivity contribution in [3.05, 3.63) is 41.2 Å². The Morgan fingerprint density at radius 2 is 1.86 bits per heavy atom. The molecule has 3 rings (SSSR count). The van der Waals surface area contributed by atoms with Crippen LogP contribution >= 0.6 is 0 Å². The molecule has 150 valence electrons. The number of hydrogen-bond acceptors (Lipinski definition) is 4. The molecule has 2 heterocycles. The smallest absolute Gasteiger partial charge is 0.249 e. The number of aromatic nitrogens is 2. The fourth-order valence-corrected chi connectivity index (χ4v) is 3.58. The maximum absolute atomic E-state index is 12.9. The highest BCUT2D eigenvalue weighted by Crippen LogP contribution is 2.23. The zero-order valence-electron chi connectivity index (χ0n) is 17.2. The summed E-state index contributed by atoms with van der Waals surface area (Å²) in [6, 6.07) is 6.92. The maximum Gasteiger partial charge on any atom is 0.249 e. The molecular formula is C21H28N4O3. The number of amides is 2. The molecule has 0 unspecified atom stereocenters. The Hall–Kier alpha value is -2.83. The van der Waals surface area contributed by atoms with Gasteiger partial charge in [0.1, 0.15) is 11.8 Å². The van der Waals surface area contributed by atoms with E-state index in [0.717, 1.165) is 28.4 Å². The summed E-state index contributed by atoms with van der Waals surface area (Å²) in [6.07, 6.45) is 0.335. The van der Waals surface area contributed by atoms with Crippen LogP contribution in [0.4, 0.5) is 5.69 Å². The number of carbonyl (C=O) groups is 2. The van der Waals surface area contributed by atoms with Crippen LogP contribution in [0.25, 0.3) is 0 Å². The Morgan fingerprint density at radius 1 is 1.18 bits per heavy atom. The van der Waals surface area contributed by atoms with Crippen molar-refractivity contribution < 1.29 is 14.3 Å². The van der Waals surface area contributed by atoms with Crippen molar-refractivity contribution in [3.63, 3.8) is 0 Å². The summed E-state index contributed by atoms with van der Waals surface area (Å²) in [7, 11) is 1.61. The van der Waals surface area contributed by atoms with Gasteiger partial charge in [0.25, 0.3) is 0 Å². The highest BCUT2D eigenvalue weighted by atomic mass is 16.5. The van der Waals surface area contributed by atoms with E-state index in [9.17, 15) is 9.59 Å². The standard InChI is InChI=1S/C21H28N4O3/c1-14-15(2)22-25(16(14)3)11-10-20(26)23-12-13-24(21(27)17(23)4)18-6-8-19(28-5)9-7-18/h6-9,17H,10-13H2,1-5H3/t17-/m0/s1. The van der Waals surface area contributed by atoms with Gasteiger partial charge in [-0.05, 0) is 57.5 Å². The van der Waals surface area contributed by atoms with Crippen molar-refractivity contribution in [3.8, 4) is 5.75 Å². The second kappa shape index (κ2) is 8.04. The van der Waals surface area contributed by atoms with E-state index in [-0.39, 0.29) is 11.8 Å². The molecule has 1 aromatic heterocycles. The summed E-state index contributed by atoms with van der Waals surface area (Å²) in [6.45, 7) is 9.35. The minimum absolute atomic E-state index is 0.0135. The first-order chi connectivity index (χ1) is 13.3. The first-order valence-electron chi connectivity index (χ1n) is 9.59. The second-order valence-electron chi connectivity index (χ2n) is 7.22. The topological polar surface area (TPSA) is 67.7 Å². The van der Waals surface area contributed by atoms with E-state index in [1.54, 1.807) is 23.8 Å². The number of aryl methyl sites for hydroxylation is 2. The van der Waals surface area contributed by atoms with Gasteiger partial charge in [-0.3, -0.25) is 14.3 Å². The van der Waals surface area contributed by atoms with Crippen molar-refractivity contribution in [1.82, 2.24) is 14.7 Å². The third-order valence-corrected chi connectivity index (χ3v) is 5.64. The van der Waals surface area contributed by atoms with Gasteiger partial charge in [-0.15, -0.1) is 0 Å². The average Bonchev–Trinajstić information content (AvgIpc) is 2.95. The second-order valence-corrected chi connectivity index (χ2v) is 7.22. The van der Waals surface area contributed by atoms with E-state index >= 15 is 0 Å². The number of piperazine rings is 1. The van der Waals surface area contributed by atoms with Gasteiger partial charge in [0.05, 0.1) is 12.8 Å². The minimum atomic E-state index is -0.481. The van der Waals surface area contributed by atoms with E-state index in [4.69, 9.17) is 4.74 Å². The van der Waals surface area contributed by atoms with E-state index < -0.39 is 6.04 Å². The number of carbonyl (C=O) groups excluding carboxylic acids is 2. The third kappa shape index (κ3) is 3.74. The van der Waals surface area contributed by atoms with Crippen LogP contribution in [0.3, 0.4) is 0 Å². The molecule has 1 atom stereocenters. The van der Waals surface area contributed by atoms with Crippen LogP contribution in [0.1, 0.15) is 30.3 Å². The minimum Gasteiger partial charge on any atom is -0.497 e. The molecule has 0 aliphatic carbocycles. The molecule has 0 N–H and O–H groups in total. The van der Waals surface area contributed by atoms with Crippen molar-refractivity contribution in [2.24, 2.45) is 0 Å². The third-order valence-electron chi connectivity index (χ3n) is 5.64. The highest BCUT2D eigenvalue weighted by molar-refractivity contribution is 6.00. The molecule has 0 saturated carbocycles. The van der Waals surface area contributed by atoms with Gasteiger partial charge in [0.2, 0.25) is 11.8 Å². The fraction of sp³-hybridized carbons (Fsp3) is 0.476. The zero-order chi connectivity index (χ0) is 20.4. The molecule has 0 radical (unpaired) electrons. The lowest BCUT2D eigenvalue weighted by Gasteiger charge is -2.39. The quantitative estimate of drug-likeness (QED) is 0.794. The van der Waals surface area contributed by atoms with Crippen molar-refractivity contribution >= 4 is 17.5 Å². The van der Waals surface area contributed by atoms with Gasteiger partial charge in [-0.1, -0.05) is 0 Å². The fourth-order valence-electron chi connectivity index (χ4n) is 3.58. The first-order valence-corrected chi connectivity index (χ1v) is 9.59. The zero-order valence-corrected chi connectivity index (χ0v) is 17.2. The number of benzene rings is 1. The number of rotatable bonds is 5. The van der Waals surface area contributed by atoms with E-state index in [1.165, 1.54) is 0 Å². The van der Waals surface area contributed by atoms with Crippen LogP contribution in [-0.2, 0) is 16.1 Å². The van der Waals surface area contributed by atoms with Crippen LogP contribution in [0.2, 0.25) is 0 Å². The SMILES string of the molecule is COc1ccc(N2CCN(C(=O)CCn3nc(C)c(C)c3C)[C@@H](C)C2=O)cc1. The van der Waals surface area contributed by atoms with Gasteiger partial charge in [-0.25, -0.2) is 0 Å². The average molecular weight is 384 g/mol. The Labute approximate surface area is 165 Å². The number of anilines is 1. The first kappa shape index (κ1) is 19.9. The van der Waals surface area contributed by atoms with Gasteiger partial charge in [0.15, 0.2) is 0 Å². The van der Waals surface area contributed by atoms with Crippen LogP contribution in [0, 0.1) is 20.8 Å². The monoisotopic (exact) mass is 384 g/mol.